The molecule has 36 heavy (non-hydrogen) atoms. The SMILES string of the molecule is O=C(c1ccc(NS(=O)(=O)c2cccc3cccnc23)cc1)N1CCN(C(O)C2CCCCC2)CC1. The molecule has 1 aliphatic heterocycles. The highest BCUT2D eigenvalue weighted by Crippen LogP contribution is 2.29. The molecule has 2 aromatic carbocycles. The first-order chi connectivity index (χ1) is 17.4. The van der Waals surface area contributed by atoms with Gasteiger partial charge in [0, 0.05) is 49.0 Å². The van der Waals surface area contributed by atoms with Gasteiger partial charge in [-0.25, -0.2) is 8.42 Å². The summed E-state index contributed by atoms with van der Waals surface area (Å²) in [6, 6.07) is 15.1. The number of amides is 1. The van der Waals surface area contributed by atoms with E-state index >= 15 is 0 Å². The van der Waals surface area contributed by atoms with Gasteiger partial charge in [0.1, 0.15) is 11.1 Å². The van der Waals surface area contributed by atoms with E-state index in [2.05, 4.69) is 14.6 Å². The van der Waals surface area contributed by atoms with E-state index in [0.29, 0.717) is 48.9 Å². The van der Waals surface area contributed by atoms with Crippen molar-refractivity contribution in [3.05, 3.63) is 66.4 Å². The van der Waals surface area contributed by atoms with Crippen molar-refractivity contribution in [3.8, 4) is 0 Å². The molecule has 2 aliphatic rings. The predicted octanol–water partition coefficient (Wildman–Crippen LogP) is 3.69. The number of aromatic nitrogens is 1. The maximum Gasteiger partial charge on any atom is 0.264 e. The first-order valence-corrected chi connectivity index (χ1v) is 14.1. The predicted molar refractivity (Wildman–Crippen MR) is 139 cm³/mol. The minimum Gasteiger partial charge on any atom is -0.378 e. The number of anilines is 1. The second kappa shape index (κ2) is 10.5. The molecule has 2 heterocycles. The second-order valence-electron chi connectivity index (χ2n) is 9.65. The molecule has 0 radical (unpaired) electrons. The number of sulfonamides is 1. The van der Waals surface area contributed by atoms with Crippen LogP contribution in [0.25, 0.3) is 10.9 Å². The molecular weight excluding hydrogens is 476 g/mol. The van der Waals surface area contributed by atoms with Crippen LogP contribution in [0.2, 0.25) is 0 Å². The van der Waals surface area contributed by atoms with Crippen LogP contribution in [0.4, 0.5) is 5.69 Å². The zero-order valence-electron chi connectivity index (χ0n) is 20.2. The highest BCUT2D eigenvalue weighted by Gasteiger charge is 2.31. The number of piperazine rings is 1. The molecule has 2 N–H and O–H groups in total. The second-order valence-corrected chi connectivity index (χ2v) is 11.3. The van der Waals surface area contributed by atoms with Crippen molar-refractivity contribution < 1.29 is 18.3 Å². The molecular formula is C27H32N4O4S. The molecule has 1 unspecified atom stereocenters. The Morgan fingerprint density at radius 3 is 2.36 bits per heavy atom. The quantitative estimate of drug-likeness (QED) is 0.527. The fourth-order valence-electron chi connectivity index (χ4n) is 5.29. The van der Waals surface area contributed by atoms with Gasteiger partial charge in [-0.15, -0.1) is 0 Å². The lowest BCUT2D eigenvalue weighted by Crippen LogP contribution is -2.53. The third kappa shape index (κ3) is 5.23. The lowest BCUT2D eigenvalue weighted by Gasteiger charge is -2.40. The Kier molecular flexibility index (Phi) is 7.22. The van der Waals surface area contributed by atoms with E-state index in [4.69, 9.17) is 0 Å². The van der Waals surface area contributed by atoms with E-state index in [9.17, 15) is 18.3 Å². The highest BCUT2D eigenvalue weighted by molar-refractivity contribution is 7.93. The number of nitrogens with zero attached hydrogens (tertiary/aromatic N) is 3. The van der Waals surface area contributed by atoms with Crippen molar-refractivity contribution in [3.63, 3.8) is 0 Å². The van der Waals surface area contributed by atoms with Crippen molar-refractivity contribution in [2.45, 2.75) is 43.2 Å². The average molecular weight is 509 g/mol. The Balaban J connectivity index is 1.21. The molecule has 1 aromatic heterocycles. The fourth-order valence-corrected chi connectivity index (χ4v) is 6.53. The van der Waals surface area contributed by atoms with Crippen LogP contribution in [-0.4, -0.2) is 66.6 Å². The number of hydrogen-bond acceptors (Lipinski definition) is 6. The molecule has 9 heteroatoms. The van der Waals surface area contributed by atoms with E-state index in [1.807, 2.05) is 12.1 Å². The molecule has 1 saturated heterocycles. The lowest BCUT2D eigenvalue weighted by molar-refractivity contribution is -0.0664. The summed E-state index contributed by atoms with van der Waals surface area (Å²) in [6.45, 7) is 2.43. The molecule has 1 saturated carbocycles. The van der Waals surface area contributed by atoms with Crippen LogP contribution in [0, 0.1) is 5.92 Å². The molecule has 1 aliphatic carbocycles. The van der Waals surface area contributed by atoms with Crippen molar-refractivity contribution in [1.29, 1.82) is 0 Å². The molecule has 3 aromatic rings. The third-order valence-corrected chi connectivity index (χ3v) is 8.73. The summed E-state index contributed by atoms with van der Waals surface area (Å²) in [5, 5.41) is 11.5. The summed E-state index contributed by atoms with van der Waals surface area (Å²) in [6.07, 6.45) is 6.92. The van der Waals surface area contributed by atoms with Gasteiger partial charge in [0.15, 0.2) is 0 Å². The van der Waals surface area contributed by atoms with E-state index < -0.39 is 16.3 Å². The monoisotopic (exact) mass is 508 g/mol. The van der Waals surface area contributed by atoms with Gasteiger partial charge in [0.25, 0.3) is 15.9 Å². The number of fused-ring (bicyclic) bond motifs is 1. The van der Waals surface area contributed by atoms with E-state index in [-0.39, 0.29) is 10.8 Å². The van der Waals surface area contributed by atoms with Crippen LogP contribution in [-0.2, 0) is 10.0 Å². The molecule has 1 atom stereocenters. The van der Waals surface area contributed by atoms with Gasteiger partial charge in [-0.1, -0.05) is 37.5 Å². The number of pyridine rings is 1. The van der Waals surface area contributed by atoms with Crippen LogP contribution >= 0.6 is 0 Å². The molecule has 0 spiro atoms. The summed E-state index contributed by atoms with van der Waals surface area (Å²) in [4.78, 5) is 21.3. The summed E-state index contributed by atoms with van der Waals surface area (Å²) in [7, 11) is -3.85. The molecule has 190 valence electrons. The third-order valence-electron chi connectivity index (χ3n) is 7.32. The molecule has 0 bridgehead atoms. The number of benzene rings is 2. The minimum atomic E-state index is -3.85. The van der Waals surface area contributed by atoms with E-state index in [1.54, 1.807) is 47.5 Å². The van der Waals surface area contributed by atoms with Gasteiger partial charge in [-0.3, -0.25) is 19.4 Å². The highest BCUT2D eigenvalue weighted by atomic mass is 32.2. The Labute approximate surface area is 212 Å². The van der Waals surface area contributed by atoms with E-state index in [1.165, 1.54) is 25.3 Å². The maximum absolute atomic E-state index is 13.0. The van der Waals surface area contributed by atoms with Crippen LogP contribution in [0.3, 0.4) is 0 Å². The normalized spacial score (nSPS) is 18.8. The lowest BCUT2D eigenvalue weighted by atomic mass is 9.87. The summed E-state index contributed by atoms with van der Waals surface area (Å²) in [5.41, 5.74) is 1.29. The fraction of sp³-hybridized carbons (Fsp3) is 0.407. The summed E-state index contributed by atoms with van der Waals surface area (Å²) in [5.74, 6) is 0.247. The molecule has 8 nitrogen and oxygen atoms in total. The van der Waals surface area contributed by atoms with E-state index in [0.717, 1.165) is 18.2 Å². The van der Waals surface area contributed by atoms with Crippen molar-refractivity contribution >= 4 is 32.5 Å². The van der Waals surface area contributed by atoms with Gasteiger partial charge in [0.05, 0.1) is 5.52 Å². The van der Waals surface area contributed by atoms with Gasteiger partial charge >= 0.3 is 0 Å². The molecule has 2 fully saturated rings. The van der Waals surface area contributed by atoms with Crippen molar-refractivity contribution in [2.24, 2.45) is 5.92 Å². The van der Waals surface area contributed by atoms with Gasteiger partial charge < -0.3 is 10.0 Å². The number of nitrogens with one attached hydrogen (secondary N) is 1. The first-order valence-electron chi connectivity index (χ1n) is 12.6. The summed E-state index contributed by atoms with van der Waals surface area (Å²) >= 11 is 0. The van der Waals surface area contributed by atoms with Crippen molar-refractivity contribution in [2.75, 3.05) is 30.9 Å². The van der Waals surface area contributed by atoms with Crippen LogP contribution in [0.5, 0.6) is 0 Å². The van der Waals surface area contributed by atoms with Gasteiger partial charge in [0.2, 0.25) is 0 Å². The van der Waals surface area contributed by atoms with Crippen LogP contribution in [0.15, 0.2) is 65.7 Å². The van der Waals surface area contributed by atoms with Crippen LogP contribution in [0.1, 0.15) is 42.5 Å². The number of aliphatic hydroxyl groups is 1. The summed E-state index contributed by atoms with van der Waals surface area (Å²) < 4.78 is 28.7. The van der Waals surface area contributed by atoms with Gasteiger partial charge in [-0.2, -0.15) is 0 Å². The number of hydrogen-bond donors (Lipinski definition) is 2. The Hall–Kier alpha value is -3.01. The number of para-hydroxylation sites is 1. The Morgan fingerprint density at radius 2 is 1.64 bits per heavy atom. The first kappa shape index (κ1) is 24.7. The Bertz CT molecular complexity index is 1310. The molecule has 5 rings (SSSR count). The zero-order chi connectivity index (χ0) is 25.1. The smallest absolute Gasteiger partial charge is 0.264 e. The Morgan fingerprint density at radius 1 is 0.944 bits per heavy atom. The topological polar surface area (TPSA) is 103 Å². The average Bonchev–Trinajstić information content (AvgIpc) is 2.93. The number of carbonyl (C=O) groups excluding carboxylic acids is 1. The number of aliphatic hydroxyl groups excluding tert-OH is 1. The van der Waals surface area contributed by atoms with Crippen molar-refractivity contribution in [1.82, 2.24) is 14.8 Å². The minimum absolute atomic E-state index is 0.0885. The number of carbonyl (C=O) groups is 1. The zero-order valence-corrected chi connectivity index (χ0v) is 21.0. The molecule has 1 amide bonds. The van der Waals surface area contributed by atoms with Crippen LogP contribution < -0.4 is 4.72 Å². The standard InChI is InChI=1S/C27H32N4O4S/c32-26(21-6-2-1-3-7-21)30-16-18-31(19-17-30)27(33)22-11-13-23(14-12-22)29-36(34,35)24-10-4-8-20-9-5-15-28-25(20)24/h4-5,8-15,21,26,29,32H,1-3,6-7,16-19H2. The number of rotatable bonds is 6. The van der Waals surface area contributed by atoms with Gasteiger partial charge in [-0.05, 0) is 55.2 Å². The maximum atomic E-state index is 13.0. The largest absolute Gasteiger partial charge is 0.378 e.